The molecule has 1 saturated heterocycles. The quantitative estimate of drug-likeness (QED) is 0.428. The van der Waals surface area contributed by atoms with Crippen molar-refractivity contribution in [2.75, 3.05) is 19.7 Å². The molecule has 76 valence electrons. The maximum Gasteiger partial charge on any atom is 0.108 e. The van der Waals surface area contributed by atoms with E-state index in [0.717, 1.165) is 25.9 Å². The maximum absolute atomic E-state index is 8.94. The Labute approximate surface area is 79.2 Å². The van der Waals surface area contributed by atoms with E-state index in [2.05, 4.69) is 4.90 Å². The number of aliphatic hydroxyl groups excluding tert-OH is 1. The van der Waals surface area contributed by atoms with E-state index in [-0.39, 0.29) is 11.9 Å². The van der Waals surface area contributed by atoms with E-state index in [1.807, 2.05) is 6.92 Å². The largest absolute Gasteiger partial charge is 0.396 e. The Kier molecular flexibility index (Phi) is 3.69. The highest BCUT2D eigenvalue weighted by Gasteiger charge is 2.23. The molecule has 1 aliphatic heterocycles. The zero-order chi connectivity index (χ0) is 9.84. The second-order valence-electron chi connectivity index (χ2n) is 3.79. The molecule has 1 aliphatic rings. The molecular formula is C9H19N3O. The van der Waals surface area contributed by atoms with Gasteiger partial charge >= 0.3 is 0 Å². The van der Waals surface area contributed by atoms with E-state index >= 15 is 0 Å². The maximum atomic E-state index is 8.94. The fourth-order valence-corrected chi connectivity index (χ4v) is 1.72. The summed E-state index contributed by atoms with van der Waals surface area (Å²) < 4.78 is 0. The number of nitrogens with one attached hydrogen (secondary N) is 1. The van der Waals surface area contributed by atoms with Crippen LogP contribution in [-0.4, -0.2) is 41.6 Å². The second-order valence-corrected chi connectivity index (χ2v) is 3.79. The van der Waals surface area contributed by atoms with E-state index < -0.39 is 0 Å². The van der Waals surface area contributed by atoms with E-state index in [1.54, 1.807) is 0 Å². The lowest BCUT2D eigenvalue weighted by atomic mass is 9.97. The van der Waals surface area contributed by atoms with Crippen LogP contribution in [0.1, 0.15) is 19.8 Å². The van der Waals surface area contributed by atoms with Gasteiger partial charge in [-0.25, -0.2) is 0 Å². The third kappa shape index (κ3) is 2.67. The summed E-state index contributed by atoms with van der Waals surface area (Å²) in [7, 11) is 0. The fraction of sp³-hybridized carbons (Fsp3) is 0.889. The van der Waals surface area contributed by atoms with Gasteiger partial charge in [-0.1, -0.05) is 0 Å². The molecule has 0 aromatic carbocycles. The van der Waals surface area contributed by atoms with E-state index in [9.17, 15) is 0 Å². The zero-order valence-corrected chi connectivity index (χ0v) is 8.16. The molecule has 1 rings (SSSR count). The first-order chi connectivity index (χ1) is 6.15. The molecule has 1 fully saturated rings. The number of amidine groups is 1. The highest BCUT2D eigenvalue weighted by atomic mass is 16.3. The summed E-state index contributed by atoms with van der Waals surface area (Å²) in [5.41, 5.74) is 5.43. The monoisotopic (exact) mass is 185 g/mol. The third-order valence-corrected chi connectivity index (χ3v) is 2.91. The van der Waals surface area contributed by atoms with Crippen LogP contribution in [0.3, 0.4) is 0 Å². The first-order valence-electron chi connectivity index (χ1n) is 4.84. The van der Waals surface area contributed by atoms with Gasteiger partial charge in [0.1, 0.15) is 5.84 Å². The lowest BCUT2D eigenvalue weighted by Crippen LogP contribution is -2.46. The Balaban J connectivity index is 2.36. The molecule has 4 nitrogen and oxygen atoms in total. The van der Waals surface area contributed by atoms with E-state index in [0.29, 0.717) is 12.5 Å². The van der Waals surface area contributed by atoms with Gasteiger partial charge in [-0.15, -0.1) is 0 Å². The lowest BCUT2D eigenvalue weighted by Gasteiger charge is -2.34. The topological polar surface area (TPSA) is 73.3 Å². The Morgan fingerprint density at radius 2 is 2.15 bits per heavy atom. The number of hydrogen-bond donors (Lipinski definition) is 3. The van der Waals surface area contributed by atoms with Crippen LogP contribution in [-0.2, 0) is 0 Å². The summed E-state index contributed by atoms with van der Waals surface area (Å²) >= 11 is 0. The summed E-state index contributed by atoms with van der Waals surface area (Å²) in [4.78, 5) is 2.20. The number of likely N-dealkylation sites (tertiary alicyclic amines) is 1. The zero-order valence-electron chi connectivity index (χ0n) is 8.16. The van der Waals surface area contributed by atoms with Crippen molar-refractivity contribution < 1.29 is 5.11 Å². The van der Waals surface area contributed by atoms with Crippen molar-refractivity contribution >= 4 is 5.84 Å². The molecule has 1 heterocycles. The number of rotatable bonds is 3. The Bertz CT molecular complexity index is 176. The Hall–Kier alpha value is -0.610. The molecular weight excluding hydrogens is 166 g/mol. The average molecular weight is 185 g/mol. The Morgan fingerprint density at radius 3 is 2.54 bits per heavy atom. The van der Waals surface area contributed by atoms with Crippen molar-refractivity contribution in [1.82, 2.24) is 4.90 Å². The van der Waals surface area contributed by atoms with Crippen LogP contribution in [0.25, 0.3) is 0 Å². The second kappa shape index (κ2) is 4.58. The van der Waals surface area contributed by atoms with Crippen LogP contribution < -0.4 is 5.73 Å². The van der Waals surface area contributed by atoms with Gasteiger partial charge < -0.3 is 10.8 Å². The van der Waals surface area contributed by atoms with Gasteiger partial charge in [0.15, 0.2) is 0 Å². The average Bonchev–Trinajstić information content (AvgIpc) is 2.17. The minimum atomic E-state index is 0.0552. The minimum Gasteiger partial charge on any atom is -0.396 e. The summed E-state index contributed by atoms with van der Waals surface area (Å²) in [6, 6.07) is 0.0552. The molecule has 0 aromatic heterocycles. The predicted octanol–water partition coefficient (Wildman–Crippen LogP) is 0.0152. The van der Waals surface area contributed by atoms with Gasteiger partial charge in [-0.2, -0.15) is 0 Å². The summed E-state index contributed by atoms with van der Waals surface area (Å²) in [5.74, 6) is 0.692. The van der Waals surface area contributed by atoms with Crippen molar-refractivity contribution in [2.45, 2.75) is 25.8 Å². The van der Waals surface area contributed by atoms with Gasteiger partial charge in [0.05, 0.1) is 6.04 Å². The van der Waals surface area contributed by atoms with E-state index in [1.165, 1.54) is 0 Å². The molecule has 0 amide bonds. The van der Waals surface area contributed by atoms with Crippen molar-refractivity contribution in [3.05, 3.63) is 0 Å². The smallest absolute Gasteiger partial charge is 0.108 e. The molecule has 4 heteroatoms. The normalized spacial score (nSPS) is 22.9. The van der Waals surface area contributed by atoms with Gasteiger partial charge in [0.2, 0.25) is 0 Å². The van der Waals surface area contributed by atoms with Crippen LogP contribution >= 0.6 is 0 Å². The summed E-state index contributed by atoms with van der Waals surface area (Å²) in [6.07, 6.45) is 2.04. The molecule has 1 atom stereocenters. The molecule has 0 aromatic rings. The minimum absolute atomic E-state index is 0.0552. The van der Waals surface area contributed by atoms with Crippen LogP contribution in [0.2, 0.25) is 0 Å². The van der Waals surface area contributed by atoms with Crippen molar-refractivity contribution in [1.29, 1.82) is 5.41 Å². The van der Waals surface area contributed by atoms with Gasteiger partial charge in [-0.3, -0.25) is 10.3 Å². The van der Waals surface area contributed by atoms with E-state index in [4.69, 9.17) is 16.2 Å². The summed E-state index contributed by atoms with van der Waals surface area (Å²) in [5, 5.41) is 16.3. The third-order valence-electron chi connectivity index (χ3n) is 2.91. The number of piperidine rings is 1. The molecule has 1 unspecified atom stereocenters. The highest BCUT2D eigenvalue weighted by Crippen LogP contribution is 2.17. The fourth-order valence-electron chi connectivity index (χ4n) is 1.72. The van der Waals surface area contributed by atoms with Crippen LogP contribution in [0.4, 0.5) is 0 Å². The molecule has 0 saturated carbocycles. The van der Waals surface area contributed by atoms with Crippen LogP contribution in [0.15, 0.2) is 0 Å². The number of hydrogen-bond acceptors (Lipinski definition) is 3. The number of nitrogens with zero attached hydrogens (tertiary/aromatic N) is 1. The van der Waals surface area contributed by atoms with Crippen molar-refractivity contribution in [3.8, 4) is 0 Å². The van der Waals surface area contributed by atoms with Gasteiger partial charge in [-0.05, 0) is 38.8 Å². The number of aliphatic hydroxyl groups is 1. The first-order valence-corrected chi connectivity index (χ1v) is 4.84. The molecule has 0 bridgehead atoms. The van der Waals surface area contributed by atoms with Gasteiger partial charge in [0.25, 0.3) is 0 Å². The molecule has 0 aliphatic carbocycles. The van der Waals surface area contributed by atoms with Gasteiger partial charge in [0, 0.05) is 6.61 Å². The van der Waals surface area contributed by atoms with Crippen molar-refractivity contribution in [3.63, 3.8) is 0 Å². The van der Waals surface area contributed by atoms with Crippen molar-refractivity contribution in [2.24, 2.45) is 11.7 Å². The van der Waals surface area contributed by atoms with Crippen LogP contribution in [0.5, 0.6) is 0 Å². The molecule has 0 radical (unpaired) electrons. The number of nitrogens with two attached hydrogens (primary N) is 1. The van der Waals surface area contributed by atoms with Crippen LogP contribution in [0, 0.1) is 11.3 Å². The molecule has 0 spiro atoms. The molecule has 4 N–H and O–H groups in total. The lowest BCUT2D eigenvalue weighted by molar-refractivity contribution is 0.123. The summed E-state index contributed by atoms with van der Waals surface area (Å²) in [6.45, 7) is 4.15. The predicted molar refractivity (Wildman–Crippen MR) is 52.8 cm³/mol. The molecule has 13 heavy (non-hydrogen) atoms. The first kappa shape index (κ1) is 10.5. The Morgan fingerprint density at radius 1 is 1.62 bits per heavy atom. The SMILES string of the molecule is CC(C(=N)N)N1CCC(CO)CC1. The standard InChI is InChI=1S/C9H19N3O/c1-7(9(10)11)12-4-2-8(6-13)3-5-12/h7-8,13H,2-6H2,1H3,(H3,10,11). The highest BCUT2D eigenvalue weighted by molar-refractivity contribution is 5.82.